The monoisotopic (exact) mass is 395 g/mol. The van der Waals surface area contributed by atoms with Crippen LogP contribution in [0.3, 0.4) is 0 Å². The minimum atomic E-state index is -0.565. The first-order valence-electron chi connectivity index (χ1n) is 10.2. The fourth-order valence-corrected chi connectivity index (χ4v) is 5.63. The van der Waals surface area contributed by atoms with Gasteiger partial charge < -0.3 is 19.1 Å². The third kappa shape index (κ3) is 2.35. The maximum atomic E-state index is 13.3. The van der Waals surface area contributed by atoms with Crippen LogP contribution in [0.5, 0.6) is 11.5 Å². The van der Waals surface area contributed by atoms with Crippen molar-refractivity contribution in [3.05, 3.63) is 46.7 Å². The second kappa shape index (κ2) is 6.37. The molecule has 0 unspecified atom stereocenters. The standard InChI is InChI=1S/C23H25NO5/c1-4-28-22(26)15-12-24(2)10-9-23-16-7-5-13-6-8-18(27-3)20(19(13)23)29-21(23)17(25)11-14(15)16/h6-8,12,14,21H,4-5,9-11H2,1-3H3/b15-12+/t14-,21+,23+/m1/s1. The third-order valence-corrected chi connectivity index (χ3v) is 6.79. The van der Waals surface area contributed by atoms with E-state index >= 15 is 0 Å². The molecular formula is C23H25NO5. The van der Waals surface area contributed by atoms with Crippen molar-refractivity contribution in [1.29, 1.82) is 0 Å². The van der Waals surface area contributed by atoms with Crippen LogP contribution in [0.4, 0.5) is 0 Å². The van der Waals surface area contributed by atoms with Crippen LogP contribution in [0.2, 0.25) is 0 Å². The van der Waals surface area contributed by atoms with Crippen LogP contribution in [0.25, 0.3) is 0 Å². The number of allylic oxidation sites excluding steroid dienone is 1. The third-order valence-electron chi connectivity index (χ3n) is 6.79. The topological polar surface area (TPSA) is 65.1 Å². The van der Waals surface area contributed by atoms with Gasteiger partial charge in [-0.25, -0.2) is 4.79 Å². The first-order chi connectivity index (χ1) is 14.0. The second-order valence-corrected chi connectivity index (χ2v) is 8.22. The summed E-state index contributed by atoms with van der Waals surface area (Å²) in [7, 11) is 3.59. The van der Waals surface area contributed by atoms with Gasteiger partial charge in [0.2, 0.25) is 0 Å². The van der Waals surface area contributed by atoms with Gasteiger partial charge in [0.1, 0.15) is 0 Å². The van der Waals surface area contributed by atoms with Crippen LogP contribution in [-0.2, 0) is 26.2 Å². The number of carbonyl (C=O) groups excluding carboxylic acids is 2. The minimum absolute atomic E-state index is 0.0398. The highest BCUT2D eigenvalue weighted by molar-refractivity contribution is 5.96. The van der Waals surface area contributed by atoms with Crippen molar-refractivity contribution >= 4 is 11.8 Å². The summed E-state index contributed by atoms with van der Waals surface area (Å²) in [4.78, 5) is 28.2. The lowest BCUT2D eigenvalue weighted by atomic mass is 9.55. The number of carbonyl (C=O) groups is 2. The van der Waals surface area contributed by atoms with Gasteiger partial charge in [-0.1, -0.05) is 17.7 Å². The molecular weight excluding hydrogens is 370 g/mol. The van der Waals surface area contributed by atoms with Gasteiger partial charge in [0, 0.05) is 37.7 Å². The number of benzene rings is 1. The number of nitrogens with zero attached hydrogens (tertiary/aromatic N) is 1. The van der Waals surface area contributed by atoms with Crippen LogP contribution >= 0.6 is 0 Å². The zero-order valence-electron chi connectivity index (χ0n) is 17.0. The van der Waals surface area contributed by atoms with Crippen molar-refractivity contribution in [1.82, 2.24) is 4.90 Å². The molecule has 1 saturated carbocycles. The van der Waals surface area contributed by atoms with Crippen LogP contribution in [-0.4, -0.2) is 50.1 Å². The fourth-order valence-electron chi connectivity index (χ4n) is 5.63. The van der Waals surface area contributed by atoms with E-state index in [-0.39, 0.29) is 24.1 Å². The first kappa shape index (κ1) is 18.3. The molecule has 0 saturated heterocycles. The summed E-state index contributed by atoms with van der Waals surface area (Å²) in [6.07, 6.45) is 5.28. The zero-order chi connectivity index (χ0) is 20.3. The Morgan fingerprint density at radius 3 is 2.97 bits per heavy atom. The number of hydrogen-bond donors (Lipinski definition) is 0. The predicted octanol–water partition coefficient (Wildman–Crippen LogP) is 2.55. The van der Waals surface area contributed by atoms with E-state index in [1.807, 2.05) is 24.2 Å². The highest BCUT2D eigenvalue weighted by Crippen LogP contribution is 2.61. The summed E-state index contributed by atoms with van der Waals surface area (Å²) in [5.41, 5.74) is 3.40. The number of hydrogen-bond acceptors (Lipinski definition) is 6. The molecule has 2 bridgehead atoms. The Morgan fingerprint density at radius 2 is 2.21 bits per heavy atom. The van der Waals surface area contributed by atoms with E-state index in [2.05, 4.69) is 12.1 Å². The molecule has 5 rings (SSSR count). The molecule has 3 atom stereocenters. The van der Waals surface area contributed by atoms with Gasteiger partial charge in [0.25, 0.3) is 0 Å². The van der Waals surface area contributed by atoms with Crippen LogP contribution in [0.15, 0.2) is 35.6 Å². The average Bonchev–Trinajstić information content (AvgIpc) is 3.07. The molecule has 1 fully saturated rings. The van der Waals surface area contributed by atoms with Gasteiger partial charge in [-0.05, 0) is 31.4 Å². The van der Waals surface area contributed by atoms with E-state index in [1.165, 1.54) is 5.56 Å². The molecule has 6 heteroatoms. The van der Waals surface area contributed by atoms with E-state index in [1.54, 1.807) is 14.0 Å². The lowest BCUT2D eigenvalue weighted by molar-refractivity contribution is -0.139. The Kier molecular flexibility index (Phi) is 4.02. The lowest BCUT2D eigenvalue weighted by Crippen LogP contribution is -2.55. The summed E-state index contributed by atoms with van der Waals surface area (Å²) >= 11 is 0. The Balaban J connectivity index is 1.75. The number of methoxy groups -OCH3 is 1. The summed E-state index contributed by atoms with van der Waals surface area (Å²) in [5.74, 6) is 0.769. The molecule has 2 aliphatic heterocycles. The molecule has 1 aromatic carbocycles. The minimum Gasteiger partial charge on any atom is -0.493 e. The molecule has 0 radical (unpaired) electrons. The van der Waals surface area contributed by atoms with E-state index in [9.17, 15) is 9.59 Å². The molecule has 6 nitrogen and oxygen atoms in total. The van der Waals surface area contributed by atoms with Crippen molar-refractivity contribution in [2.45, 2.75) is 37.7 Å². The lowest BCUT2D eigenvalue weighted by Gasteiger charge is -2.48. The smallest absolute Gasteiger partial charge is 0.336 e. The summed E-state index contributed by atoms with van der Waals surface area (Å²) < 4.78 is 17.2. The molecule has 152 valence electrons. The van der Waals surface area contributed by atoms with Crippen molar-refractivity contribution in [3.8, 4) is 11.5 Å². The summed E-state index contributed by atoms with van der Waals surface area (Å²) in [6.45, 7) is 2.81. The average molecular weight is 395 g/mol. The van der Waals surface area contributed by atoms with Crippen molar-refractivity contribution in [2.75, 3.05) is 27.3 Å². The maximum Gasteiger partial charge on any atom is 0.336 e. The van der Waals surface area contributed by atoms with Gasteiger partial charge in [-0.2, -0.15) is 0 Å². The van der Waals surface area contributed by atoms with Crippen LogP contribution in [0, 0.1) is 5.92 Å². The van der Waals surface area contributed by atoms with Gasteiger partial charge >= 0.3 is 5.97 Å². The Bertz CT molecular complexity index is 978. The number of Topliss-reactive ketones (excluding diaryl/α,β-unsaturated/α-hetero) is 1. The van der Waals surface area contributed by atoms with E-state index in [0.717, 1.165) is 24.0 Å². The quantitative estimate of drug-likeness (QED) is 0.579. The number of rotatable bonds is 3. The van der Waals surface area contributed by atoms with E-state index < -0.39 is 11.5 Å². The molecule has 0 aromatic heterocycles. The number of ether oxygens (including phenoxy) is 3. The van der Waals surface area contributed by atoms with Crippen molar-refractivity contribution in [3.63, 3.8) is 0 Å². The largest absolute Gasteiger partial charge is 0.493 e. The maximum absolute atomic E-state index is 13.3. The zero-order valence-corrected chi connectivity index (χ0v) is 17.0. The van der Waals surface area contributed by atoms with Crippen LogP contribution < -0.4 is 9.47 Å². The van der Waals surface area contributed by atoms with Gasteiger partial charge in [-0.3, -0.25) is 4.79 Å². The van der Waals surface area contributed by atoms with E-state index in [4.69, 9.17) is 14.2 Å². The van der Waals surface area contributed by atoms with Crippen molar-refractivity contribution < 1.29 is 23.8 Å². The Morgan fingerprint density at radius 1 is 1.38 bits per heavy atom. The normalized spacial score (nSPS) is 30.9. The highest BCUT2D eigenvalue weighted by atomic mass is 16.5. The second-order valence-electron chi connectivity index (χ2n) is 8.22. The van der Waals surface area contributed by atoms with Gasteiger partial charge in [0.15, 0.2) is 23.4 Å². The van der Waals surface area contributed by atoms with Gasteiger partial charge in [0.05, 0.1) is 24.7 Å². The van der Waals surface area contributed by atoms with E-state index in [0.29, 0.717) is 30.2 Å². The number of esters is 1. The molecule has 1 spiro atoms. The van der Waals surface area contributed by atoms with Crippen molar-refractivity contribution in [2.24, 2.45) is 5.92 Å². The Hall–Kier alpha value is -2.76. The molecule has 2 heterocycles. The first-order valence-corrected chi connectivity index (χ1v) is 10.2. The highest BCUT2D eigenvalue weighted by Gasteiger charge is 2.62. The predicted molar refractivity (Wildman–Crippen MR) is 106 cm³/mol. The fraction of sp³-hybridized carbons (Fsp3) is 0.478. The molecule has 29 heavy (non-hydrogen) atoms. The summed E-state index contributed by atoms with van der Waals surface area (Å²) in [5, 5.41) is 0. The summed E-state index contributed by atoms with van der Waals surface area (Å²) in [6, 6.07) is 3.99. The Labute approximate surface area is 170 Å². The molecule has 1 aromatic rings. The SMILES string of the molecule is CCOC(=O)/C1=C/N(C)CC[C@]23C4=CCc5ccc(OC)c(c52)O[C@H]3C(=O)C[C@@H]41. The molecule has 0 N–H and O–H groups in total. The van der Waals surface area contributed by atoms with Gasteiger partial charge in [-0.15, -0.1) is 0 Å². The number of ketones is 1. The molecule has 4 aliphatic rings. The van der Waals surface area contributed by atoms with Crippen LogP contribution in [0.1, 0.15) is 30.9 Å². The molecule has 2 aliphatic carbocycles. The molecule has 0 amide bonds.